The Hall–Kier alpha value is -0.0900. The summed E-state index contributed by atoms with van der Waals surface area (Å²) in [6, 6.07) is 0. The Bertz CT molecular complexity index is 300. The minimum absolute atomic E-state index is 0.240. The van der Waals surface area contributed by atoms with Crippen LogP contribution in [-0.4, -0.2) is 27.0 Å². The summed E-state index contributed by atoms with van der Waals surface area (Å²) in [4.78, 5) is 0. The van der Waals surface area contributed by atoms with E-state index >= 15 is 0 Å². The molecular weight excluding hydrogens is 210 g/mol. The van der Waals surface area contributed by atoms with E-state index in [4.69, 9.17) is 5.73 Å². The van der Waals surface area contributed by atoms with Gasteiger partial charge in [0, 0.05) is 12.0 Å². The SMILES string of the molecule is CC1CCC(CN)(CCCS(C)(=O)=O)C1. The van der Waals surface area contributed by atoms with E-state index in [1.54, 1.807) is 0 Å². The van der Waals surface area contributed by atoms with Gasteiger partial charge in [0.15, 0.2) is 0 Å². The Labute approximate surface area is 93.3 Å². The van der Waals surface area contributed by atoms with E-state index in [1.807, 2.05) is 0 Å². The fraction of sp³-hybridized carbons (Fsp3) is 1.00. The van der Waals surface area contributed by atoms with Crippen molar-refractivity contribution in [3.05, 3.63) is 0 Å². The van der Waals surface area contributed by atoms with Crippen LogP contribution in [0, 0.1) is 11.3 Å². The van der Waals surface area contributed by atoms with E-state index in [0.717, 1.165) is 18.8 Å². The molecule has 4 heteroatoms. The normalized spacial score (nSPS) is 32.1. The van der Waals surface area contributed by atoms with Crippen LogP contribution in [0.4, 0.5) is 0 Å². The first kappa shape index (κ1) is 13.0. The lowest BCUT2D eigenvalue weighted by Gasteiger charge is -2.27. The van der Waals surface area contributed by atoms with Crippen molar-refractivity contribution in [2.24, 2.45) is 17.1 Å². The van der Waals surface area contributed by atoms with Gasteiger partial charge in [-0.1, -0.05) is 13.3 Å². The molecule has 1 aliphatic rings. The number of rotatable bonds is 5. The molecule has 0 spiro atoms. The number of hydrogen-bond donors (Lipinski definition) is 1. The van der Waals surface area contributed by atoms with Gasteiger partial charge in [-0.3, -0.25) is 0 Å². The quantitative estimate of drug-likeness (QED) is 0.784. The van der Waals surface area contributed by atoms with Crippen molar-refractivity contribution in [3.63, 3.8) is 0 Å². The van der Waals surface area contributed by atoms with Gasteiger partial charge >= 0.3 is 0 Å². The highest BCUT2D eigenvalue weighted by molar-refractivity contribution is 7.90. The highest BCUT2D eigenvalue weighted by atomic mass is 32.2. The predicted molar refractivity (Wildman–Crippen MR) is 63.4 cm³/mol. The summed E-state index contributed by atoms with van der Waals surface area (Å²) in [5.74, 6) is 1.06. The summed E-state index contributed by atoms with van der Waals surface area (Å²) in [7, 11) is -2.81. The number of nitrogens with two attached hydrogens (primary N) is 1. The van der Waals surface area contributed by atoms with E-state index in [1.165, 1.54) is 25.5 Å². The summed E-state index contributed by atoms with van der Waals surface area (Å²) in [6.07, 6.45) is 6.64. The molecule has 0 amide bonds. The zero-order chi connectivity index (χ0) is 11.5. The van der Waals surface area contributed by atoms with Crippen LogP contribution in [0.25, 0.3) is 0 Å². The van der Waals surface area contributed by atoms with Crippen molar-refractivity contribution >= 4 is 9.84 Å². The van der Waals surface area contributed by atoms with E-state index in [-0.39, 0.29) is 5.41 Å². The lowest BCUT2D eigenvalue weighted by Crippen LogP contribution is -2.28. The lowest BCUT2D eigenvalue weighted by atomic mass is 9.81. The maximum atomic E-state index is 11.0. The molecule has 0 aliphatic heterocycles. The molecule has 0 aromatic heterocycles. The highest BCUT2D eigenvalue weighted by Crippen LogP contribution is 2.44. The van der Waals surface area contributed by atoms with Gasteiger partial charge in [0.1, 0.15) is 9.84 Å². The molecule has 1 aliphatic carbocycles. The van der Waals surface area contributed by atoms with Crippen LogP contribution in [0.2, 0.25) is 0 Å². The van der Waals surface area contributed by atoms with Crippen molar-refractivity contribution in [2.45, 2.75) is 39.0 Å². The molecule has 90 valence electrons. The van der Waals surface area contributed by atoms with Crippen molar-refractivity contribution in [1.82, 2.24) is 0 Å². The first-order valence-electron chi connectivity index (χ1n) is 5.75. The third-order valence-corrected chi connectivity index (χ3v) is 4.63. The fourth-order valence-electron chi connectivity index (χ4n) is 2.72. The molecule has 0 bridgehead atoms. The fourth-order valence-corrected chi connectivity index (χ4v) is 3.39. The molecule has 1 rings (SSSR count). The van der Waals surface area contributed by atoms with Crippen LogP contribution in [0.5, 0.6) is 0 Å². The molecule has 15 heavy (non-hydrogen) atoms. The molecule has 0 saturated heterocycles. The van der Waals surface area contributed by atoms with Gasteiger partial charge in [0.2, 0.25) is 0 Å². The topological polar surface area (TPSA) is 60.2 Å². The van der Waals surface area contributed by atoms with Crippen LogP contribution < -0.4 is 5.73 Å². The third kappa shape index (κ3) is 4.11. The summed E-state index contributed by atoms with van der Waals surface area (Å²) < 4.78 is 22.1. The Morgan fingerprint density at radius 3 is 2.53 bits per heavy atom. The first-order valence-corrected chi connectivity index (χ1v) is 7.81. The molecule has 3 nitrogen and oxygen atoms in total. The largest absolute Gasteiger partial charge is 0.330 e. The Balaban J connectivity index is 2.41. The molecule has 0 aromatic rings. The standard InChI is InChI=1S/C11H23NO2S/c1-10-4-6-11(8-10,9-12)5-3-7-15(2,13)14/h10H,3-9,12H2,1-2H3. The molecule has 0 radical (unpaired) electrons. The predicted octanol–water partition coefficient (Wildman–Crippen LogP) is 1.58. The average molecular weight is 233 g/mol. The molecule has 0 heterocycles. The Morgan fingerprint density at radius 2 is 2.13 bits per heavy atom. The molecule has 2 unspecified atom stereocenters. The van der Waals surface area contributed by atoms with Crippen molar-refractivity contribution in [1.29, 1.82) is 0 Å². The van der Waals surface area contributed by atoms with Crippen molar-refractivity contribution in [2.75, 3.05) is 18.6 Å². The smallest absolute Gasteiger partial charge is 0.147 e. The van der Waals surface area contributed by atoms with Crippen LogP contribution in [0.3, 0.4) is 0 Å². The van der Waals surface area contributed by atoms with Crippen LogP contribution >= 0.6 is 0 Å². The van der Waals surface area contributed by atoms with Gasteiger partial charge in [0.25, 0.3) is 0 Å². The van der Waals surface area contributed by atoms with Gasteiger partial charge in [-0.15, -0.1) is 0 Å². The average Bonchev–Trinajstić information content (AvgIpc) is 2.46. The van der Waals surface area contributed by atoms with Crippen LogP contribution in [0.1, 0.15) is 39.0 Å². The van der Waals surface area contributed by atoms with Gasteiger partial charge in [-0.2, -0.15) is 0 Å². The molecule has 2 atom stereocenters. The highest BCUT2D eigenvalue weighted by Gasteiger charge is 2.35. The van der Waals surface area contributed by atoms with E-state index < -0.39 is 9.84 Å². The maximum Gasteiger partial charge on any atom is 0.147 e. The van der Waals surface area contributed by atoms with E-state index in [9.17, 15) is 8.42 Å². The molecule has 1 fully saturated rings. The van der Waals surface area contributed by atoms with Gasteiger partial charge in [-0.05, 0) is 43.6 Å². The molecule has 2 N–H and O–H groups in total. The summed E-state index contributed by atoms with van der Waals surface area (Å²) in [6.45, 7) is 2.97. The first-order chi connectivity index (χ1) is 6.87. The van der Waals surface area contributed by atoms with Crippen molar-refractivity contribution in [3.8, 4) is 0 Å². The Kier molecular flexibility index (Phi) is 4.18. The minimum Gasteiger partial charge on any atom is -0.330 e. The Morgan fingerprint density at radius 1 is 1.47 bits per heavy atom. The zero-order valence-electron chi connectivity index (χ0n) is 9.83. The molecular formula is C11H23NO2S. The number of hydrogen-bond acceptors (Lipinski definition) is 3. The summed E-state index contributed by atoms with van der Waals surface area (Å²) in [5, 5.41) is 0. The zero-order valence-corrected chi connectivity index (χ0v) is 10.6. The third-order valence-electron chi connectivity index (χ3n) is 3.60. The van der Waals surface area contributed by atoms with E-state index in [0.29, 0.717) is 12.3 Å². The van der Waals surface area contributed by atoms with E-state index in [2.05, 4.69) is 6.92 Å². The number of sulfone groups is 1. The van der Waals surface area contributed by atoms with Gasteiger partial charge in [0.05, 0.1) is 0 Å². The van der Waals surface area contributed by atoms with Gasteiger partial charge < -0.3 is 5.73 Å². The monoisotopic (exact) mass is 233 g/mol. The minimum atomic E-state index is -2.81. The maximum absolute atomic E-state index is 11.0. The second-order valence-corrected chi connectivity index (χ2v) is 7.55. The van der Waals surface area contributed by atoms with Crippen LogP contribution in [0.15, 0.2) is 0 Å². The molecule has 0 aromatic carbocycles. The summed E-state index contributed by atoms with van der Waals surface area (Å²) in [5.41, 5.74) is 6.07. The molecule has 1 saturated carbocycles. The summed E-state index contributed by atoms with van der Waals surface area (Å²) >= 11 is 0. The van der Waals surface area contributed by atoms with Crippen LogP contribution in [-0.2, 0) is 9.84 Å². The second kappa shape index (κ2) is 4.83. The van der Waals surface area contributed by atoms with Gasteiger partial charge in [-0.25, -0.2) is 8.42 Å². The lowest BCUT2D eigenvalue weighted by molar-refractivity contribution is 0.271. The second-order valence-electron chi connectivity index (χ2n) is 5.29. The van der Waals surface area contributed by atoms with Crippen molar-refractivity contribution < 1.29 is 8.42 Å².